The third-order valence-corrected chi connectivity index (χ3v) is 4.49. The molecule has 0 aromatic rings. The van der Waals surface area contributed by atoms with Gasteiger partial charge < -0.3 is 16.0 Å². The second-order valence-electron chi connectivity index (χ2n) is 6.73. The standard InChI is InChI=1S/C17H33N3O2.ClH/c1-4-6-7-11-19-15(21)14-8-12-20(13-9-14)16(22)17(3,18)10-5-2;/h14H,4-13,18H2,1-3H3,(H,19,21);1H. The van der Waals surface area contributed by atoms with Gasteiger partial charge in [0, 0.05) is 25.6 Å². The van der Waals surface area contributed by atoms with Crippen LogP contribution in [0.3, 0.4) is 0 Å². The minimum absolute atomic E-state index is 0. The highest BCUT2D eigenvalue weighted by Crippen LogP contribution is 2.21. The highest BCUT2D eigenvalue weighted by Gasteiger charge is 2.35. The van der Waals surface area contributed by atoms with E-state index in [4.69, 9.17) is 5.73 Å². The smallest absolute Gasteiger partial charge is 0.242 e. The zero-order chi connectivity index (χ0) is 16.6. The fraction of sp³-hybridized carbons (Fsp3) is 0.882. The third-order valence-electron chi connectivity index (χ3n) is 4.49. The van der Waals surface area contributed by atoms with Crippen molar-refractivity contribution >= 4 is 24.2 Å². The maximum Gasteiger partial charge on any atom is 0.242 e. The van der Waals surface area contributed by atoms with Crippen LogP contribution < -0.4 is 11.1 Å². The number of halogens is 1. The summed E-state index contributed by atoms with van der Waals surface area (Å²) in [5.74, 6) is 0.212. The molecule has 0 bridgehead atoms. The molecule has 2 amide bonds. The van der Waals surface area contributed by atoms with Gasteiger partial charge in [-0.15, -0.1) is 12.4 Å². The van der Waals surface area contributed by atoms with Crippen LogP contribution in [0.15, 0.2) is 0 Å². The van der Waals surface area contributed by atoms with E-state index in [0.717, 1.165) is 45.1 Å². The molecule has 136 valence electrons. The van der Waals surface area contributed by atoms with Crippen molar-refractivity contribution in [3.63, 3.8) is 0 Å². The minimum atomic E-state index is -0.774. The Hall–Kier alpha value is -0.810. The normalized spacial score (nSPS) is 18.0. The van der Waals surface area contributed by atoms with E-state index in [2.05, 4.69) is 12.2 Å². The highest BCUT2D eigenvalue weighted by atomic mass is 35.5. The monoisotopic (exact) mass is 347 g/mol. The van der Waals surface area contributed by atoms with Crippen LogP contribution in [0.4, 0.5) is 0 Å². The average Bonchev–Trinajstić information content (AvgIpc) is 2.50. The molecule has 1 fully saturated rings. The Kier molecular flexibility index (Phi) is 10.5. The lowest BCUT2D eigenvalue weighted by Gasteiger charge is -2.36. The zero-order valence-corrected chi connectivity index (χ0v) is 15.7. The van der Waals surface area contributed by atoms with Crippen LogP contribution in [0.2, 0.25) is 0 Å². The largest absolute Gasteiger partial charge is 0.356 e. The van der Waals surface area contributed by atoms with E-state index >= 15 is 0 Å². The predicted octanol–water partition coefficient (Wildman–Crippen LogP) is 2.47. The molecule has 0 saturated carbocycles. The van der Waals surface area contributed by atoms with Crippen molar-refractivity contribution in [3.05, 3.63) is 0 Å². The van der Waals surface area contributed by atoms with Crippen LogP contribution in [0.5, 0.6) is 0 Å². The van der Waals surface area contributed by atoms with Crippen LogP contribution in [0, 0.1) is 5.92 Å². The Morgan fingerprint density at radius 3 is 2.30 bits per heavy atom. The Morgan fingerprint density at radius 1 is 1.17 bits per heavy atom. The van der Waals surface area contributed by atoms with Gasteiger partial charge in [0.05, 0.1) is 5.54 Å². The quantitative estimate of drug-likeness (QED) is 0.662. The maximum atomic E-state index is 12.4. The first-order valence-corrected chi connectivity index (χ1v) is 8.78. The number of carbonyl (C=O) groups excluding carboxylic acids is 2. The summed E-state index contributed by atoms with van der Waals surface area (Å²) in [6.07, 6.45) is 6.44. The summed E-state index contributed by atoms with van der Waals surface area (Å²) < 4.78 is 0. The molecule has 1 atom stereocenters. The fourth-order valence-electron chi connectivity index (χ4n) is 3.06. The van der Waals surface area contributed by atoms with Crippen LogP contribution in [-0.4, -0.2) is 41.9 Å². The molecular weight excluding hydrogens is 314 g/mol. The summed E-state index contributed by atoms with van der Waals surface area (Å²) in [7, 11) is 0. The van der Waals surface area contributed by atoms with E-state index in [1.165, 1.54) is 0 Å². The first-order valence-electron chi connectivity index (χ1n) is 8.78. The van der Waals surface area contributed by atoms with Crippen molar-refractivity contribution in [2.45, 2.75) is 71.3 Å². The average molecular weight is 348 g/mol. The van der Waals surface area contributed by atoms with Gasteiger partial charge in [-0.3, -0.25) is 9.59 Å². The Balaban J connectivity index is 0.00000484. The predicted molar refractivity (Wildman–Crippen MR) is 96.6 cm³/mol. The molecule has 0 radical (unpaired) electrons. The molecule has 23 heavy (non-hydrogen) atoms. The number of nitrogens with one attached hydrogen (secondary N) is 1. The summed E-state index contributed by atoms with van der Waals surface area (Å²) in [6.45, 7) is 8.05. The third kappa shape index (κ3) is 7.08. The molecule has 1 heterocycles. The van der Waals surface area contributed by atoms with E-state index < -0.39 is 5.54 Å². The van der Waals surface area contributed by atoms with Crippen molar-refractivity contribution in [2.75, 3.05) is 19.6 Å². The summed E-state index contributed by atoms with van der Waals surface area (Å²) in [4.78, 5) is 26.4. The molecule has 0 spiro atoms. The number of nitrogens with zero attached hydrogens (tertiary/aromatic N) is 1. The molecule has 1 aliphatic rings. The Labute approximate surface area is 147 Å². The van der Waals surface area contributed by atoms with E-state index in [1.807, 2.05) is 18.7 Å². The molecular formula is C17H34ClN3O2. The van der Waals surface area contributed by atoms with Gasteiger partial charge in [0.25, 0.3) is 0 Å². The SMILES string of the molecule is CCCCCNC(=O)C1CCN(C(=O)C(C)(N)CCC)CC1.Cl. The molecule has 0 aromatic heterocycles. The summed E-state index contributed by atoms with van der Waals surface area (Å²) in [5, 5.41) is 3.01. The van der Waals surface area contributed by atoms with Gasteiger partial charge in [-0.05, 0) is 32.6 Å². The molecule has 6 heteroatoms. The molecule has 1 rings (SSSR count). The molecule has 1 aliphatic heterocycles. The molecule has 5 nitrogen and oxygen atoms in total. The van der Waals surface area contributed by atoms with Crippen molar-refractivity contribution in [1.82, 2.24) is 10.2 Å². The number of amides is 2. The first kappa shape index (κ1) is 22.2. The lowest BCUT2D eigenvalue weighted by Crippen LogP contribution is -2.55. The van der Waals surface area contributed by atoms with Crippen LogP contribution >= 0.6 is 12.4 Å². The number of likely N-dealkylation sites (tertiary alicyclic amines) is 1. The van der Waals surface area contributed by atoms with Gasteiger partial charge >= 0.3 is 0 Å². The Morgan fingerprint density at radius 2 is 1.78 bits per heavy atom. The van der Waals surface area contributed by atoms with Crippen molar-refractivity contribution in [1.29, 1.82) is 0 Å². The number of unbranched alkanes of at least 4 members (excludes halogenated alkanes) is 2. The molecule has 0 aromatic carbocycles. The number of nitrogens with two attached hydrogens (primary N) is 1. The van der Waals surface area contributed by atoms with Crippen LogP contribution in [-0.2, 0) is 9.59 Å². The molecule has 3 N–H and O–H groups in total. The second-order valence-corrected chi connectivity index (χ2v) is 6.73. The van der Waals surface area contributed by atoms with Gasteiger partial charge in [-0.2, -0.15) is 0 Å². The maximum absolute atomic E-state index is 12.4. The molecule has 1 saturated heterocycles. The number of hydrogen-bond donors (Lipinski definition) is 2. The number of hydrogen-bond acceptors (Lipinski definition) is 3. The molecule has 0 aliphatic carbocycles. The highest BCUT2D eigenvalue weighted by molar-refractivity contribution is 5.86. The van der Waals surface area contributed by atoms with E-state index in [0.29, 0.717) is 19.5 Å². The summed E-state index contributed by atoms with van der Waals surface area (Å²) in [6, 6.07) is 0. The minimum Gasteiger partial charge on any atom is -0.356 e. The second kappa shape index (κ2) is 10.9. The van der Waals surface area contributed by atoms with Gasteiger partial charge in [-0.1, -0.05) is 33.1 Å². The van der Waals surface area contributed by atoms with Crippen LogP contribution in [0.25, 0.3) is 0 Å². The lowest BCUT2D eigenvalue weighted by molar-refractivity contribution is -0.140. The Bertz CT molecular complexity index is 367. The summed E-state index contributed by atoms with van der Waals surface area (Å²) in [5.41, 5.74) is 5.35. The molecule has 1 unspecified atom stereocenters. The fourth-order valence-corrected chi connectivity index (χ4v) is 3.06. The van der Waals surface area contributed by atoms with E-state index in [-0.39, 0.29) is 30.1 Å². The van der Waals surface area contributed by atoms with E-state index in [1.54, 1.807) is 0 Å². The van der Waals surface area contributed by atoms with Crippen molar-refractivity contribution in [2.24, 2.45) is 11.7 Å². The van der Waals surface area contributed by atoms with Crippen LogP contribution in [0.1, 0.15) is 65.7 Å². The number of carbonyl (C=O) groups is 2. The zero-order valence-electron chi connectivity index (χ0n) is 14.9. The number of piperidine rings is 1. The van der Waals surface area contributed by atoms with Crippen molar-refractivity contribution in [3.8, 4) is 0 Å². The first-order chi connectivity index (χ1) is 10.4. The summed E-state index contributed by atoms with van der Waals surface area (Å²) >= 11 is 0. The van der Waals surface area contributed by atoms with Gasteiger partial charge in [-0.25, -0.2) is 0 Å². The topological polar surface area (TPSA) is 75.4 Å². The van der Waals surface area contributed by atoms with Gasteiger partial charge in [0.1, 0.15) is 0 Å². The van der Waals surface area contributed by atoms with Crippen molar-refractivity contribution < 1.29 is 9.59 Å². The van der Waals surface area contributed by atoms with Gasteiger partial charge in [0.15, 0.2) is 0 Å². The van der Waals surface area contributed by atoms with Gasteiger partial charge in [0.2, 0.25) is 11.8 Å². The van der Waals surface area contributed by atoms with E-state index in [9.17, 15) is 9.59 Å². The number of rotatable bonds is 8. The lowest BCUT2D eigenvalue weighted by atomic mass is 9.91.